The lowest BCUT2D eigenvalue weighted by Gasteiger charge is -2.32. The summed E-state index contributed by atoms with van der Waals surface area (Å²) in [5.41, 5.74) is 2.60. The molecule has 1 atom stereocenters. The molecule has 1 aliphatic carbocycles. The van der Waals surface area contributed by atoms with Gasteiger partial charge in [0, 0.05) is 18.8 Å². The van der Waals surface area contributed by atoms with Crippen LogP contribution in [0.3, 0.4) is 0 Å². The highest BCUT2D eigenvalue weighted by Gasteiger charge is 2.29. The van der Waals surface area contributed by atoms with E-state index in [4.69, 9.17) is 4.74 Å². The Morgan fingerprint density at radius 3 is 2.59 bits per heavy atom. The maximum absolute atomic E-state index is 12.6. The number of fused-ring (bicyclic) bond motifs is 1. The molecule has 6 nitrogen and oxygen atoms in total. The van der Waals surface area contributed by atoms with Gasteiger partial charge in [-0.1, -0.05) is 24.3 Å². The minimum atomic E-state index is -0.575. The van der Waals surface area contributed by atoms with Crippen molar-refractivity contribution in [1.82, 2.24) is 5.32 Å². The highest BCUT2D eigenvalue weighted by molar-refractivity contribution is 5.95. The van der Waals surface area contributed by atoms with Crippen molar-refractivity contribution in [3.8, 4) is 5.75 Å². The molecule has 0 saturated heterocycles. The van der Waals surface area contributed by atoms with Gasteiger partial charge in [0.1, 0.15) is 5.75 Å². The fourth-order valence-electron chi connectivity index (χ4n) is 3.17. The summed E-state index contributed by atoms with van der Waals surface area (Å²) in [6.07, 6.45) is 1.95. The number of likely N-dealkylation sites (N-methyl/N-ethyl adjacent to an activating group) is 1. The molecule has 1 fully saturated rings. The Morgan fingerprint density at radius 2 is 1.85 bits per heavy atom. The van der Waals surface area contributed by atoms with Crippen LogP contribution in [0.5, 0.6) is 5.75 Å². The van der Waals surface area contributed by atoms with Crippen LogP contribution in [0.4, 0.5) is 11.4 Å². The van der Waals surface area contributed by atoms with Crippen LogP contribution >= 0.6 is 0 Å². The van der Waals surface area contributed by atoms with Gasteiger partial charge in [-0.3, -0.25) is 9.59 Å². The molecule has 2 N–H and O–H groups in total. The van der Waals surface area contributed by atoms with Crippen molar-refractivity contribution in [1.29, 1.82) is 0 Å². The summed E-state index contributed by atoms with van der Waals surface area (Å²) < 4.78 is 5.85. The smallest absolute Gasteiger partial charge is 0.267 e. The van der Waals surface area contributed by atoms with Gasteiger partial charge in [0.25, 0.3) is 5.91 Å². The van der Waals surface area contributed by atoms with E-state index in [0.29, 0.717) is 30.4 Å². The van der Waals surface area contributed by atoms with Gasteiger partial charge in [-0.2, -0.15) is 0 Å². The zero-order valence-electron chi connectivity index (χ0n) is 15.3. The molecule has 2 aromatic carbocycles. The average molecular weight is 365 g/mol. The van der Waals surface area contributed by atoms with Crippen molar-refractivity contribution < 1.29 is 14.3 Å². The number of carbonyl (C=O) groups excluding carboxylic acids is 2. The number of hydrogen-bond acceptors (Lipinski definition) is 4. The number of para-hydroxylation sites is 2. The Balaban J connectivity index is 1.35. The minimum Gasteiger partial charge on any atom is -0.477 e. The number of nitrogens with one attached hydrogen (secondary N) is 2. The summed E-state index contributed by atoms with van der Waals surface area (Å²) in [7, 11) is 1.95. The maximum atomic E-state index is 12.6. The fraction of sp³-hybridized carbons (Fsp3) is 0.333. The molecule has 6 heteroatoms. The molecule has 0 aromatic heterocycles. The third-order valence-corrected chi connectivity index (χ3v) is 4.81. The first kappa shape index (κ1) is 17.4. The molecule has 2 aliphatic rings. The van der Waals surface area contributed by atoms with E-state index >= 15 is 0 Å². The minimum absolute atomic E-state index is 0.0478. The summed E-state index contributed by atoms with van der Waals surface area (Å²) in [6.45, 7) is 0.488. The molecule has 140 valence electrons. The molecular weight excluding hydrogens is 342 g/mol. The third-order valence-electron chi connectivity index (χ3n) is 4.81. The highest BCUT2D eigenvalue weighted by Crippen LogP contribution is 2.32. The summed E-state index contributed by atoms with van der Waals surface area (Å²) in [4.78, 5) is 26.5. The molecule has 1 unspecified atom stereocenters. The standard InChI is InChI=1S/C21H23N3O3/c1-24-13-19(27-18-5-3-2-4-17(18)24)21(26)23-16-8-6-14(7-9-16)12-20(25)22-15-10-11-15/h2-9,15,19H,10-13H2,1H3,(H,22,25)(H,23,26). The topological polar surface area (TPSA) is 70.7 Å². The zero-order chi connectivity index (χ0) is 18.8. The molecule has 2 aromatic rings. The third kappa shape index (κ3) is 4.22. The second-order valence-electron chi connectivity index (χ2n) is 7.16. The SMILES string of the molecule is CN1CC(C(=O)Nc2ccc(CC(=O)NC3CC3)cc2)Oc2ccccc21. The average Bonchev–Trinajstić information content (AvgIpc) is 3.47. The Labute approximate surface area is 158 Å². The van der Waals surface area contributed by atoms with Crippen molar-refractivity contribution >= 4 is 23.2 Å². The van der Waals surface area contributed by atoms with Crippen molar-refractivity contribution in [2.24, 2.45) is 0 Å². The number of hydrogen-bond donors (Lipinski definition) is 2. The van der Waals surface area contributed by atoms with Crippen LogP contribution in [0, 0.1) is 0 Å². The Kier molecular flexibility index (Phi) is 4.71. The largest absolute Gasteiger partial charge is 0.477 e. The first-order chi connectivity index (χ1) is 13.1. The monoisotopic (exact) mass is 365 g/mol. The number of benzene rings is 2. The van der Waals surface area contributed by atoms with Gasteiger partial charge in [-0.15, -0.1) is 0 Å². The molecule has 0 radical (unpaired) electrons. The Hall–Kier alpha value is -3.02. The van der Waals surface area contributed by atoms with E-state index < -0.39 is 6.10 Å². The van der Waals surface area contributed by atoms with Crippen LogP contribution < -0.4 is 20.3 Å². The molecule has 4 rings (SSSR count). The van der Waals surface area contributed by atoms with Crippen molar-refractivity contribution in [2.45, 2.75) is 31.4 Å². The number of amides is 2. The van der Waals surface area contributed by atoms with Gasteiger partial charge < -0.3 is 20.3 Å². The second-order valence-corrected chi connectivity index (χ2v) is 7.16. The molecule has 0 bridgehead atoms. The lowest BCUT2D eigenvalue weighted by Crippen LogP contribution is -2.45. The van der Waals surface area contributed by atoms with Crippen LogP contribution in [-0.2, 0) is 16.0 Å². The maximum Gasteiger partial charge on any atom is 0.267 e. The number of nitrogens with zero attached hydrogens (tertiary/aromatic N) is 1. The predicted molar refractivity (Wildman–Crippen MR) is 104 cm³/mol. The van der Waals surface area contributed by atoms with Crippen LogP contribution in [0.25, 0.3) is 0 Å². The van der Waals surface area contributed by atoms with Crippen LogP contribution in [0.1, 0.15) is 18.4 Å². The number of carbonyl (C=O) groups is 2. The van der Waals surface area contributed by atoms with Crippen molar-refractivity contribution in [2.75, 3.05) is 23.8 Å². The van der Waals surface area contributed by atoms with E-state index in [1.165, 1.54) is 0 Å². The summed E-state index contributed by atoms with van der Waals surface area (Å²) in [5, 5.41) is 5.87. The van der Waals surface area contributed by atoms with E-state index in [1.54, 1.807) is 0 Å². The van der Waals surface area contributed by atoms with Gasteiger partial charge in [-0.25, -0.2) is 0 Å². The highest BCUT2D eigenvalue weighted by atomic mass is 16.5. The number of ether oxygens (including phenoxy) is 1. The van der Waals surface area contributed by atoms with Crippen molar-refractivity contribution in [3.05, 3.63) is 54.1 Å². The molecule has 0 spiro atoms. The second kappa shape index (κ2) is 7.31. The van der Waals surface area contributed by atoms with E-state index in [0.717, 1.165) is 24.1 Å². The number of rotatable bonds is 5. The molecular formula is C21H23N3O3. The summed E-state index contributed by atoms with van der Waals surface area (Å²) >= 11 is 0. The normalized spacial score (nSPS) is 18.3. The van der Waals surface area contributed by atoms with E-state index in [1.807, 2.05) is 60.5 Å². The predicted octanol–water partition coefficient (Wildman–Crippen LogP) is 2.34. The molecule has 1 heterocycles. The fourth-order valence-corrected chi connectivity index (χ4v) is 3.17. The van der Waals surface area contributed by atoms with Gasteiger partial charge in [0.2, 0.25) is 5.91 Å². The van der Waals surface area contributed by atoms with Crippen LogP contribution in [-0.4, -0.2) is 37.6 Å². The molecule has 1 aliphatic heterocycles. The van der Waals surface area contributed by atoms with Crippen LogP contribution in [0.2, 0.25) is 0 Å². The van der Waals surface area contributed by atoms with Gasteiger partial charge in [0.15, 0.2) is 6.10 Å². The first-order valence-electron chi connectivity index (χ1n) is 9.24. The molecule has 1 saturated carbocycles. The van der Waals surface area contributed by atoms with E-state index in [-0.39, 0.29) is 11.8 Å². The molecule has 27 heavy (non-hydrogen) atoms. The number of anilines is 2. The molecule has 2 amide bonds. The quantitative estimate of drug-likeness (QED) is 0.853. The van der Waals surface area contributed by atoms with Gasteiger partial charge >= 0.3 is 0 Å². The lowest BCUT2D eigenvalue weighted by molar-refractivity contribution is -0.122. The Morgan fingerprint density at radius 1 is 1.11 bits per heavy atom. The zero-order valence-corrected chi connectivity index (χ0v) is 15.3. The summed E-state index contributed by atoms with van der Waals surface area (Å²) in [6, 6.07) is 15.4. The van der Waals surface area contributed by atoms with Gasteiger partial charge in [0.05, 0.1) is 18.7 Å². The summed E-state index contributed by atoms with van der Waals surface area (Å²) in [5.74, 6) is 0.575. The first-order valence-corrected chi connectivity index (χ1v) is 9.24. The Bertz CT molecular complexity index is 846. The van der Waals surface area contributed by atoms with Crippen LogP contribution in [0.15, 0.2) is 48.5 Å². The van der Waals surface area contributed by atoms with E-state index in [9.17, 15) is 9.59 Å². The van der Waals surface area contributed by atoms with E-state index in [2.05, 4.69) is 10.6 Å². The van der Waals surface area contributed by atoms with Crippen molar-refractivity contribution in [3.63, 3.8) is 0 Å². The van der Waals surface area contributed by atoms with Gasteiger partial charge in [-0.05, 0) is 42.7 Å². The lowest BCUT2D eigenvalue weighted by atomic mass is 10.1.